The first-order chi connectivity index (χ1) is 51.7. The van der Waals surface area contributed by atoms with Gasteiger partial charge >= 0.3 is 39.5 Å². The lowest BCUT2D eigenvalue weighted by molar-refractivity contribution is -0.161. The minimum atomic E-state index is -5.00. The van der Waals surface area contributed by atoms with Gasteiger partial charge in [-0.25, -0.2) is 9.13 Å². The molecule has 17 nitrogen and oxygen atoms in total. The molecule has 0 amide bonds. The Morgan fingerprint density at radius 3 is 0.764 bits per heavy atom. The van der Waals surface area contributed by atoms with Crippen LogP contribution in [0.5, 0.6) is 0 Å². The summed E-state index contributed by atoms with van der Waals surface area (Å²) in [6.45, 7) is 4.74. The van der Waals surface area contributed by atoms with E-state index in [1.54, 1.807) is 0 Å². The number of phosphoric ester groups is 2. The Bertz CT molecular complexity index is 2430. The van der Waals surface area contributed by atoms with Gasteiger partial charge in [-0.15, -0.1) is 0 Å². The fourth-order valence-corrected chi connectivity index (χ4v) is 12.8. The zero-order valence-electron chi connectivity index (χ0n) is 67.1. The second-order valence-electron chi connectivity index (χ2n) is 28.1. The average molecular weight is 1530 g/mol. The van der Waals surface area contributed by atoms with Crippen molar-refractivity contribution in [2.45, 2.75) is 380 Å². The Labute approximate surface area is 645 Å². The maximum atomic E-state index is 13.1. The summed E-state index contributed by atoms with van der Waals surface area (Å²) in [5.74, 6) is -2.30. The van der Waals surface area contributed by atoms with Gasteiger partial charge in [0.25, 0.3) is 0 Å². The van der Waals surface area contributed by atoms with E-state index in [4.69, 9.17) is 37.0 Å². The van der Waals surface area contributed by atoms with Crippen molar-refractivity contribution in [1.29, 1.82) is 0 Å². The second-order valence-corrected chi connectivity index (χ2v) is 31.0. The molecule has 0 aromatic heterocycles. The van der Waals surface area contributed by atoms with Crippen LogP contribution >= 0.6 is 15.6 Å². The molecule has 0 bridgehead atoms. The molecule has 0 saturated carbocycles. The highest BCUT2D eigenvalue weighted by Gasteiger charge is 2.30. The van der Waals surface area contributed by atoms with E-state index in [2.05, 4.69) is 113 Å². The van der Waals surface area contributed by atoms with Gasteiger partial charge in [-0.05, 0) is 128 Å². The Morgan fingerprint density at radius 1 is 0.264 bits per heavy atom. The van der Waals surface area contributed by atoms with Gasteiger partial charge in [-0.2, -0.15) is 0 Å². The van der Waals surface area contributed by atoms with Gasteiger partial charge < -0.3 is 33.8 Å². The highest BCUT2D eigenvalue weighted by molar-refractivity contribution is 7.47. The van der Waals surface area contributed by atoms with Crippen molar-refractivity contribution in [1.82, 2.24) is 0 Å². The first kappa shape index (κ1) is 102. The van der Waals surface area contributed by atoms with Gasteiger partial charge in [0.05, 0.1) is 26.4 Å². The summed E-state index contributed by atoms with van der Waals surface area (Å²) in [6.07, 6.45) is 86.4. The van der Waals surface area contributed by atoms with Gasteiger partial charge in [0.2, 0.25) is 0 Å². The fourth-order valence-electron chi connectivity index (χ4n) is 11.3. The van der Waals surface area contributed by atoms with Crippen LogP contribution in [0.1, 0.15) is 362 Å². The van der Waals surface area contributed by atoms with E-state index in [1.807, 2.05) is 24.3 Å². The van der Waals surface area contributed by atoms with Crippen LogP contribution in [0.4, 0.5) is 0 Å². The molecule has 19 heteroatoms. The lowest BCUT2D eigenvalue weighted by Crippen LogP contribution is -2.30. The Hall–Kier alpha value is -4.28. The van der Waals surface area contributed by atoms with Crippen LogP contribution in [0.2, 0.25) is 0 Å². The summed E-state index contributed by atoms with van der Waals surface area (Å²) < 4.78 is 68.6. The molecule has 0 aliphatic heterocycles. The van der Waals surface area contributed by atoms with E-state index in [0.717, 1.165) is 109 Å². The number of carbonyl (C=O) groups is 4. The number of ether oxygens (including phenoxy) is 4. The maximum Gasteiger partial charge on any atom is 0.472 e. The lowest BCUT2D eigenvalue weighted by atomic mass is 10.0. The molecule has 0 rings (SSSR count). The van der Waals surface area contributed by atoms with Crippen molar-refractivity contribution >= 4 is 39.5 Å². The smallest absolute Gasteiger partial charge is 0.462 e. The predicted molar refractivity (Wildman–Crippen MR) is 436 cm³/mol. The van der Waals surface area contributed by atoms with Crippen LogP contribution in [0.25, 0.3) is 0 Å². The highest BCUT2D eigenvalue weighted by atomic mass is 31.2. The van der Waals surface area contributed by atoms with Crippen LogP contribution in [-0.2, 0) is 65.4 Å². The molecule has 0 aliphatic carbocycles. The third-order valence-corrected chi connectivity index (χ3v) is 19.6. The first-order valence-electron chi connectivity index (χ1n) is 42.1. The first-order valence-corrected chi connectivity index (χ1v) is 45.1. The number of hydrogen-bond donors (Lipinski definition) is 3. The van der Waals surface area contributed by atoms with Crippen molar-refractivity contribution in [2.24, 2.45) is 0 Å². The fraction of sp³-hybridized carbons (Fsp3) is 0.747. The molecule has 0 heterocycles. The number of aliphatic hydroxyl groups excluding tert-OH is 1. The van der Waals surface area contributed by atoms with Crippen molar-refractivity contribution < 1.29 is 80.2 Å². The molecule has 612 valence electrons. The number of hydrogen-bond acceptors (Lipinski definition) is 15. The van der Waals surface area contributed by atoms with Crippen LogP contribution in [0.15, 0.2) is 109 Å². The average Bonchev–Trinajstić information content (AvgIpc) is 0.902. The number of allylic oxidation sites excluding steroid dienone is 18. The van der Waals surface area contributed by atoms with E-state index in [-0.39, 0.29) is 25.7 Å². The Balaban J connectivity index is 5.46. The third kappa shape index (κ3) is 77.9. The Kier molecular flexibility index (Phi) is 75.6. The monoisotopic (exact) mass is 1530 g/mol. The van der Waals surface area contributed by atoms with Gasteiger partial charge in [0, 0.05) is 25.7 Å². The van der Waals surface area contributed by atoms with Crippen molar-refractivity contribution in [3.05, 3.63) is 109 Å². The molecule has 0 aliphatic rings. The molecule has 0 saturated heterocycles. The van der Waals surface area contributed by atoms with E-state index >= 15 is 0 Å². The van der Waals surface area contributed by atoms with Gasteiger partial charge in [-0.3, -0.25) is 37.3 Å². The predicted octanol–water partition coefficient (Wildman–Crippen LogP) is 24.9. The van der Waals surface area contributed by atoms with Crippen LogP contribution in [0, 0.1) is 0 Å². The molecule has 5 atom stereocenters. The minimum Gasteiger partial charge on any atom is -0.462 e. The summed E-state index contributed by atoms with van der Waals surface area (Å²) in [7, 11) is -10.00. The topological polar surface area (TPSA) is 237 Å². The van der Waals surface area contributed by atoms with Crippen LogP contribution < -0.4 is 0 Å². The zero-order chi connectivity index (χ0) is 77.4. The normalized spacial score (nSPS) is 14.4. The van der Waals surface area contributed by atoms with Crippen molar-refractivity contribution in [3.8, 4) is 0 Å². The van der Waals surface area contributed by atoms with Crippen LogP contribution in [0.3, 0.4) is 0 Å². The Morgan fingerprint density at radius 2 is 0.472 bits per heavy atom. The van der Waals surface area contributed by atoms with E-state index in [0.29, 0.717) is 38.5 Å². The van der Waals surface area contributed by atoms with Gasteiger partial charge in [-0.1, -0.05) is 317 Å². The number of carbonyl (C=O) groups excluding carboxylic acids is 4. The molecule has 0 radical (unpaired) electrons. The third-order valence-electron chi connectivity index (χ3n) is 17.7. The molecule has 106 heavy (non-hydrogen) atoms. The number of esters is 4. The summed E-state index contributed by atoms with van der Waals surface area (Å²) in [4.78, 5) is 73.1. The summed E-state index contributed by atoms with van der Waals surface area (Å²) in [6, 6.07) is 0. The molecule has 0 aromatic rings. The second kappa shape index (κ2) is 78.8. The molecular formula is C87H152O17P2. The zero-order valence-corrected chi connectivity index (χ0v) is 68.9. The summed E-state index contributed by atoms with van der Waals surface area (Å²) in [5, 5.41) is 10.7. The largest absolute Gasteiger partial charge is 0.472 e. The summed E-state index contributed by atoms with van der Waals surface area (Å²) in [5.41, 5.74) is 0. The van der Waals surface area contributed by atoms with E-state index in [1.165, 1.54) is 161 Å². The van der Waals surface area contributed by atoms with E-state index < -0.39 is 97.5 Å². The van der Waals surface area contributed by atoms with Crippen LogP contribution in [-0.4, -0.2) is 96.7 Å². The quantitative estimate of drug-likeness (QED) is 0.0169. The van der Waals surface area contributed by atoms with Crippen molar-refractivity contribution in [2.75, 3.05) is 39.6 Å². The van der Waals surface area contributed by atoms with Crippen molar-refractivity contribution in [3.63, 3.8) is 0 Å². The van der Waals surface area contributed by atoms with E-state index in [9.17, 15) is 43.2 Å². The lowest BCUT2D eigenvalue weighted by Gasteiger charge is -2.21. The standard InChI is InChI=1S/C87H152O17P2/c1-5-9-13-17-21-25-29-33-37-40-44-48-52-56-60-64-68-72-85(90)98-78-83(104-87(92)74-70-66-62-58-54-50-46-42-39-35-31-27-23-19-15-11-7-3)80-102-106(95,96)100-76-81(88)75-99-105(93,94)101-79-82(77-97-84(89)71-67-63-59-55-51-47-43-36-32-28-24-20-16-12-8-4)103-86(91)73-69-65-61-57-53-49-45-41-38-34-30-26-22-18-14-10-6-2/h22-23,26-27,34-36,38-39,43,45-46,49-50,57-58,61-62,81-83,88H,5-21,24-25,28-33,37,40-42,44,47-48,51-56,59-60,63-80H2,1-4H3,(H,93,94)(H,95,96)/b26-22-,27-23-,38-34-,39-35-,43-36-,49-45-,50-46-,61-57-,62-58-/t81-,82+,83+/m0/s1. The number of aliphatic hydroxyl groups is 1. The molecule has 3 N–H and O–H groups in total. The highest BCUT2D eigenvalue weighted by Crippen LogP contribution is 2.45. The molecule has 0 aromatic carbocycles. The SMILES string of the molecule is CCCCC/C=C\C/C=C\C/C=C\C/C=C\CCCC(=O)O[C@H](COC(=O)CCCCCCC/C=C\CCCCCCCC)COP(=O)(O)OC[C@H](O)COP(=O)(O)OC[C@@H](COC(=O)CCCCCCCCCCCCCCCCCCC)OC(=O)CCC/C=C\C/C=C\C/C=C\C/C=C\CCCCC. The summed E-state index contributed by atoms with van der Waals surface area (Å²) >= 11 is 0. The number of rotatable bonds is 79. The molecule has 0 fully saturated rings. The van der Waals surface area contributed by atoms with Gasteiger partial charge in [0.1, 0.15) is 19.3 Å². The van der Waals surface area contributed by atoms with Gasteiger partial charge in [0.15, 0.2) is 12.2 Å². The minimum absolute atomic E-state index is 0.0159. The number of unbranched alkanes of at least 4 members (excludes halogenated alkanes) is 35. The molecular weight excluding hydrogens is 1380 g/mol. The molecule has 0 spiro atoms. The maximum absolute atomic E-state index is 13.1. The number of phosphoric acid groups is 2. The molecule has 2 unspecified atom stereocenters.